The molecule has 0 aromatic heterocycles. The summed E-state index contributed by atoms with van der Waals surface area (Å²) in [7, 11) is 1.60. The molecule has 1 saturated heterocycles. The van der Waals surface area contributed by atoms with E-state index in [-0.39, 0.29) is 30.7 Å². The van der Waals surface area contributed by atoms with Gasteiger partial charge in [0.1, 0.15) is 0 Å². The molecule has 1 N–H and O–H groups in total. The second-order valence-corrected chi connectivity index (χ2v) is 5.43. The number of para-hydroxylation sites is 1. The van der Waals surface area contributed by atoms with E-state index in [1.54, 1.807) is 0 Å². The molecule has 1 heterocycles. The molecule has 0 amide bonds. The summed E-state index contributed by atoms with van der Waals surface area (Å²) in [6.45, 7) is 8.26. The van der Waals surface area contributed by atoms with Crippen LogP contribution in [0.25, 0.3) is 0 Å². The Kier molecular flexibility index (Phi) is 4.36. The van der Waals surface area contributed by atoms with Crippen LogP contribution in [0.5, 0.6) is 0 Å². The van der Waals surface area contributed by atoms with Gasteiger partial charge in [-0.05, 0) is 33.8 Å². The molecular formula is C13H21BClNO2. The van der Waals surface area contributed by atoms with Crippen molar-refractivity contribution in [1.82, 2.24) is 0 Å². The van der Waals surface area contributed by atoms with Gasteiger partial charge in [-0.25, -0.2) is 0 Å². The van der Waals surface area contributed by atoms with Crippen molar-refractivity contribution in [3.8, 4) is 0 Å². The van der Waals surface area contributed by atoms with Gasteiger partial charge in [0.05, 0.1) is 11.2 Å². The highest BCUT2D eigenvalue weighted by Gasteiger charge is 2.52. The fourth-order valence-electron chi connectivity index (χ4n) is 1.90. The molecule has 2 rings (SSSR count). The monoisotopic (exact) mass is 269 g/mol. The largest absolute Gasteiger partial charge is 0.496 e. The van der Waals surface area contributed by atoms with E-state index >= 15 is 0 Å². The third kappa shape index (κ3) is 2.51. The van der Waals surface area contributed by atoms with Gasteiger partial charge in [-0.1, -0.05) is 18.2 Å². The normalized spacial score (nSPS) is 20.4. The van der Waals surface area contributed by atoms with Gasteiger partial charge in [0, 0.05) is 18.2 Å². The molecule has 1 aliphatic rings. The first-order valence-electron chi connectivity index (χ1n) is 6.00. The Morgan fingerprint density at radius 1 is 1.00 bits per heavy atom. The molecule has 1 fully saturated rings. The lowest BCUT2D eigenvalue weighted by molar-refractivity contribution is 0.00578. The van der Waals surface area contributed by atoms with Crippen LogP contribution >= 0.6 is 12.4 Å². The Morgan fingerprint density at radius 3 is 2.00 bits per heavy atom. The summed E-state index contributed by atoms with van der Waals surface area (Å²) >= 11 is 0. The average molecular weight is 270 g/mol. The van der Waals surface area contributed by atoms with Crippen molar-refractivity contribution >= 4 is 30.7 Å². The van der Waals surface area contributed by atoms with Crippen molar-refractivity contribution in [2.75, 3.05) is 12.4 Å². The average Bonchev–Trinajstić information content (AvgIpc) is 2.48. The van der Waals surface area contributed by atoms with Crippen molar-refractivity contribution in [3.63, 3.8) is 0 Å². The minimum atomic E-state index is -0.302. The number of anilines is 1. The van der Waals surface area contributed by atoms with Crippen molar-refractivity contribution in [2.45, 2.75) is 38.9 Å². The number of halogens is 1. The van der Waals surface area contributed by atoms with E-state index in [2.05, 4.69) is 33.0 Å². The van der Waals surface area contributed by atoms with Gasteiger partial charge in [-0.15, -0.1) is 12.4 Å². The lowest BCUT2D eigenvalue weighted by Crippen LogP contribution is -2.41. The molecule has 0 unspecified atom stereocenters. The summed E-state index contributed by atoms with van der Waals surface area (Å²) in [6, 6.07) is 8.07. The second-order valence-electron chi connectivity index (χ2n) is 5.43. The van der Waals surface area contributed by atoms with Crippen LogP contribution in [-0.4, -0.2) is 25.4 Å². The topological polar surface area (TPSA) is 30.5 Å². The summed E-state index contributed by atoms with van der Waals surface area (Å²) in [5.41, 5.74) is 1.51. The third-order valence-electron chi connectivity index (χ3n) is 3.74. The Labute approximate surface area is 116 Å². The van der Waals surface area contributed by atoms with E-state index < -0.39 is 0 Å². The van der Waals surface area contributed by atoms with Crippen molar-refractivity contribution < 1.29 is 9.31 Å². The van der Waals surface area contributed by atoms with Crippen LogP contribution in [0, 0.1) is 0 Å². The summed E-state index contributed by atoms with van der Waals surface area (Å²) < 4.78 is 12.1. The molecule has 0 spiro atoms. The summed E-state index contributed by atoms with van der Waals surface area (Å²) in [5, 5.41) is 3.17. The molecule has 0 radical (unpaired) electrons. The SMILES string of the molecule is CNc1ccccc1B1OC(C)(C)C(C)(C)O1.Cl. The van der Waals surface area contributed by atoms with Gasteiger partial charge < -0.3 is 14.6 Å². The molecule has 18 heavy (non-hydrogen) atoms. The zero-order valence-corrected chi connectivity index (χ0v) is 12.4. The summed E-state index contributed by atoms with van der Waals surface area (Å²) in [4.78, 5) is 0. The number of nitrogens with one attached hydrogen (secondary N) is 1. The minimum absolute atomic E-state index is 0. The second kappa shape index (κ2) is 5.12. The van der Waals surface area contributed by atoms with Gasteiger partial charge >= 0.3 is 7.12 Å². The highest BCUT2D eigenvalue weighted by Crippen LogP contribution is 2.36. The van der Waals surface area contributed by atoms with Gasteiger partial charge in [0.15, 0.2) is 0 Å². The predicted octanol–water partition coefficient (Wildman–Crippen LogP) is 2.45. The van der Waals surface area contributed by atoms with Crippen LogP contribution < -0.4 is 10.8 Å². The molecule has 0 aliphatic carbocycles. The molecule has 0 atom stereocenters. The van der Waals surface area contributed by atoms with Crippen LogP contribution in [-0.2, 0) is 9.31 Å². The molecule has 3 nitrogen and oxygen atoms in total. The van der Waals surface area contributed by atoms with Crippen molar-refractivity contribution in [1.29, 1.82) is 0 Å². The van der Waals surface area contributed by atoms with Crippen LogP contribution in [0.15, 0.2) is 24.3 Å². The highest BCUT2D eigenvalue weighted by molar-refractivity contribution is 6.63. The van der Waals surface area contributed by atoms with Gasteiger partial charge in [0.2, 0.25) is 0 Å². The molecule has 5 heteroatoms. The summed E-state index contributed by atoms with van der Waals surface area (Å²) in [5.74, 6) is 0. The van der Waals surface area contributed by atoms with E-state index in [9.17, 15) is 0 Å². The number of rotatable bonds is 2. The fraction of sp³-hybridized carbons (Fsp3) is 0.538. The van der Waals surface area contributed by atoms with Crippen LogP contribution in [0.2, 0.25) is 0 Å². The Morgan fingerprint density at radius 2 is 1.50 bits per heavy atom. The van der Waals surface area contributed by atoms with Gasteiger partial charge in [-0.3, -0.25) is 0 Å². The molecule has 1 aromatic carbocycles. The van der Waals surface area contributed by atoms with Crippen molar-refractivity contribution in [2.24, 2.45) is 0 Å². The lowest BCUT2D eigenvalue weighted by Gasteiger charge is -2.32. The molecular weight excluding hydrogens is 248 g/mol. The minimum Gasteiger partial charge on any atom is -0.399 e. The molecule has 0 bridgehead atoms. The highest BCUT2D eigenvalue weighted by atomic mass is 35.5. The maximum atomic E-state index is 6.03. The standard InChI is InChI=1S/C13H20BNO2.ClH/c1-12(2)13(3,4)17-14(16-12)10-8-6-7-9-11(10)15-5;/h6-9,15H,1-5H3;1H. The number of benzene rings is 1. The van der Waals surface area contributed by atoms with Crippen LogP contribution in [0.1, 0.15) is 27.7 Å². The van der Waals surface area contributed by atoms with E-state index in [1.165, 1.54) is 0 Å². The van der Waals surface area contributed by atoms with E-state index in [1.807, 2.05) is 31.3 Å². The van der Waals surface area contributed by atoms with Crippen LogP contribution in [0.4, 0.5) is 5.69 Å². The maximum absolute atomic E-state index is 6.03. The van der Waals surface area contributed by atoms with Crippen molar-refractivity contribution in [3.05, 3.63) is 24.3 Å². The van der Waals surface area contributed by atoms with E-state index in [0.29, 0.717) is 0 Å². The predicted molar refractivity (Wildman–Crippen MR) is 79.0 cm³/mol. The van der Waals surface area contributed by atoms with Crippen LogP contribution in [0.3, 0.4) is 0 Å². The summed E-state index contributed by atoms with van der Waals surface area (Å²) in [6.07, 6.45) is 0. The lowest BCUT2D eigenvalue weighted by atomic mass is 9.78. The maximum Gasteiger partial charge on any atom is 0.496 e. The fourth-order valence-corrected chi connectivity index (χ4v) is 1.90. The Hall–Kier alpha value is -0.705. The number of hydrogen-bond donors (Lipinski definition) is 1. The first kappa shape index (κ1) is 15.4. The van der Waals surface area contributed by atoms with Gasteiger partial charge in [0.25, 0.3) is 0 Å². The zero-order valence-electron chi connectivity index (χ0n) is 11.6. The Bertz CT molecular complexity index is 407. The molecule has 0 saturated carbocycles. The number of hydrogen-bond acceptors (Lipinski definition) is 3. The van der Waals surface area contributed by atoms with E-state index in [0.717, 1.165) is 11.2 Å². The first-order valence-corrected chi connectivity index (χ1v) is 6.00. The molecule has 1 aromatic rings. The van der Waals surface area contributed by atoms with Gasteiger partial charge in [-0.2, -0.15) is 0 Å². The molecule has 1 aliphatic heterocycles. The zero-order chi connectivity index (χ0) is 12.7. The third-order valence-corrected chi connectivity index (χ3v) is 3.74. The Balaban J connectivity index is 0.00000162. The van der Waals surface area contributed by atoms with E-state index in [4.69, 9.17) is 9.31 Å². The first-order chi connectivity index (χ1) is 7.87. The quantitative estimate of drug-likeness (QED) is 0.837. The molecule has 100 valence electrons. The smallest absolute Gasteiger partial charge is 0.399 e.